The van der Waals surface area contributed by atoms with Crippen molar-refractivity contribution in [2.75, 3.05) is 31.6 Å². The molecule has 90 valence electrons. The molecular weight excluding hydrogens is 224 g/mol. The second kappa shape index (κ2) is 4.36. The topological polar surface area (TPSA) is 79.6 Å². The Morgan fingerprint density at radius 2 is 2.18 bits per heavy atom. The van der Waals surface area contributed by atoms with Crippen LogP contribution in [0, 0.1) is 10.1 Å². The number of piperazine rings is 1. The first-order valence-electron chi connectivity index (χ1n) is 5.17. The minimum Gasteiger partial charge on any atom is -0.358 e. The maximum atomic E-state index is 11.5. The zero-order chi connectivity index (χ0) is 12.4. The summed E-state index contributed by atoms with van der Waals surface area (Å²) in [6.45, 7) is 1.65. The lowest BCUT2D eigenvalue weighted by molar-refractivity contribution is -0.389. The second-order valence-corrected chi connectivity index (χ2v) is 3.87. The maximum Gasteiger partial charge on any atom is 0.363 e. The van der Waals surface area contributed by atoms with Gasteiger partial charge in [-0.2, -0.15) is 0 Å². The smallest absolute Gasteiger partial charge is 0.358 e. The van der Waals surface area contributed by atoms with Gasteiger partial charge < -0.3 is 19.9 Å². The van der Waals surface area contributed by atoms with Crippen LogP contribution < -0.4 is 4.90 Å². The minimum absolute atomic E-state index is 0.0367. The van der Waals surface area contributed by atoms with Crippen molar-refractivity contribution in [1.29, 1.82) is 0 Å². The van der Waals surface area contributed by atoms with Gasteiger partial charge in [-0.3, -0.25) is 4.79 Å². The maximum absolute atomic E-state index is 11.5. The van der Waals surface area contributed by atoms with E-state index in [1.54, 1.807) is 18.0 Å². The summed E-state index contributed by atoms with van der Waals surface area (Å²) in [5.74, 6) is -0.149. The molecule has 0 bridgehead atoms. The second-order valence-electron chi connectivity index (χ2n) is 3.87. The summed E-state index contributed by atoms with van der Waals surface area (Å²) in [4.78, 5) is 28.7. The SMILES string of the molecule is CN1CCN(c2ccc([N+](=O)[O-])nc2)CC1=O. The number of nitrogens with zero attached hydrogens (tertiary/aromatic N) is 4. The summed E-state index contributed by atoms with van der Waals surface area (Å²) in [6, 6.07) is 2.96. The van der Waals surface area contributed by atoms with Crippen LogP contribution in [0.15, 0.2) is 18.3 Å². The van der Waals surface area contributed by atoms with Gasteiger partial charge in [0.25, 0.3) is 0 Å². The Labute approximate surface area is 97.8 Å². The highest BCUT2D eigenvalue weighted by molar-refractivity contribution is 5.82. The van der Waals surface area contributed by atoms with Crippen molar-refractivity contribution in [3.63, 3.8) is 0 Å². The zero-order valence-electron chi connectivity index (χ0n) is 9.37. The van der Waals surface area contributed by atoms with E-state index in [1.165, 1.54) is 12.3 Å². The molecule has 1 aromatic rings. The number of anilines is 1. The Balaban J connectivity index is 2.13. The molecule has 1 fully saturated rings. The van der Waals surface area contributed by atoms with Gasteiger partial charge in [0.05, 0.1) is 12.2 Å². The number of nitro groups is 1. The number of aromatic nitrogens is 1. The van der Waals surface area contributed by atoms with Gasteiger partial charge in [-0.1, -0.05) is 0 Å². The van der Waals surface area contributed by atoms with Crippen molar-refractivity contribution in [1.82, 2.24) is 9.88 Å². The first kappa shape index (κ1) is 11.3. The third kappa shape index (κ3) is 2.32. The van der Waals surface area contributed by atoms with Crippen molar-refractivity contribution in [3.05, 3.63) is 28.4 Å². The van der Waals surface area contributed by atoms with E-state index in [1.807, 2.05) is 4.90 Å². The predicted molar refractivity (Wildman–Crippen MR) is 60.7 cm³/mol. The molecule has 1 aliphatic rings. The highest BCUT2D eigenvalue weighted by atomic mass is 16.6. The fourth-order valence-corrected chi connectivity index (χ4v) is 1.65. The molecule has 7 nitrogen and oxygen atoms in total. The number of rotatable bonds is 2. The van der Waals surface area contributed by atoms with E-state index in [4.69, 9.17) is 0 Å². The van der Waals surface area contributed by atoms with Crippen LogP contribution in [0.5, 0.6) is 0 Å². The molecule has 0 radical (unpaired) electrons. The lowest BCUT2D eigenvalue weighted by Gasteiger charge is -2.32. The summed E-state index contributed by atoms with van der Waals surface area (Å²) in [7, 11) is 1.76. The van der Waals surface area contributed by atoms with Crippen LogP contribution in [0.25, 0.3) is 0 Å². The van der Waals surface area contributed by atoms with E-state index >= 15 is 0 Å². The molecule has 0 aliphatic carbocycles. The van der Waals surface area contributed by atoms with Crippen LogP contribution >= 0.6 is 0 Å². The fraction of sp³-hybridized carbons (Fsp3) is 0.400. The number of pyridine rings is 1. The number of carbonyl (C=O) groups excluding carboxylic acids is 1. The van der Waals surface area contributed by atoms with Crippen molar-refractivity contribution in [3.8, 4) is 0 Å². The van der Waals surface area contributed by atoms with Crippen LogP contribution in [-0.4, -0.2) is 47.4 Å². The van der Waals surface area contributed by atoms with Gasteiger partial charge in [-0.05, 0) is 16.0 Å². The quantitative estimate of drug-likeness (QED) is 0.544. The zero-order valence-corrected chi connectivity index (χ0v) is 9.37. The lowest BCUT2D eigenvalue weighted by Crippen LogP contribution is -2.48. The molecule has 1 aliphatic heterocycles. The molecule has 1 aromatic heterocycles. The Morgan fingerprint density at radius 1 is 1.41 bits per heavy atom. The predicted octanol–water partition coefficient (Wildman–Crippen LogP) is 0.268. The number of hydrogen-bond acceptors (Lipinski definition) is 5. The van der Waals surface area contributed by atoms with Crippen LogP contribution in [0.4, 0.5) is 11.5 Å². The van der Waals surface area contributed by atoms with Crippen molar-refractivity contribution < 1.29 is 9.72 Å². The molecule has 1 amide bonds. The van der Waals surface area contributed by atoms with Crippen LogP contribution in [0.1, 0.15) is 0 Å². The standard InChI is InChI=1S/C10H12N4O3/c1-12-4-5-13(7-10(12)15)8-2-3-9(11-6-8)14(16)17/h2-3,6H,4-5,7H2,1H3. The molecule has 2 rings (SSSR count). The van der Waals surface area contributed by atoms with Gasteiger partial charge in [0.2, 0.25) is 5.91 Å². The molecular formula is C10H12N4O3. The summed E-state index contributed by atoms with van der Waals surface area (Å²) in [5.41, 5.74) is 0.733. The van der Waals surface area contributed by atoms with Gasteiger partial charge >= 0.3 is 5.82 Å². The lowest BCUT2D eigenvalue weighted by atomic mass is 10.3. The number of hydrogen-bond donors (Lipinski definition) is 0. The largest absolute Gasteiger partial charge is 0.363 e. The normalized spacial score (nSPS) is 16.2. The average molecular weight is 236 g/mol. The molecule has 2 heterocycles. The average Bonchev–Trinajstić information content (AvgIpc) is 2.33. The molecule has 0 aromatic carbocycles. The number of amides is 1. The molecule has 0 atom stereocenters. The van der Waals surface area contributed by atoms with Crippen molar-refractivity contribution >= 4 is 17.4 Å². The summed E-state index contributed by atoms with van der Waals surface area (Å²) in [6.07, 6.45) is 1.43. The van der Waals surface area contributed by atoms with Crippen molar-refractivity contribution in [2.24, 2.45) is 0 Å². The fourth-order valence-electron chi connectivity index (χ4n) is 1.65. The van der Waals surface area contributed by atoms with E-state index < -0.39 is 4.92 Å². The molecule has 0 saturated carbocycles. The number of carbonyl (C=O) groups is 1. The van der Waals surface area contributed by atoms with E-state index in [9.17, 15) is 14.9 Å². The summed E-state index contributed by atoms with van der Waals surface area (Å²) in [5, 5.41) is 10.5. The molecule has 17 heavy (non-hydrogen) atoms. The first-order chi connectivity index (χ1) is 8.08. The number of likely N-dealkylation sites (N-methyl/N-ethyl adjacent to an activating group) is 1. The molecule has 0 N–H and O–H groups in total. The molecule has 7 heteroatoms. The monoisotopic (exact) mass is 236 g/mol. The van der Waals surface area contributed by atoms with Crippen LogP contribution in [0.2, 0.25) is 0 Å². The third-order valence-electron chi connectivity index (χ3n) is 2.74. The van der Waals surface area contributed by atoms with E-state index in [0.717, 1.165) is 5.69 Å². The van der Waals surface area contributed by atoms with Crippen molar-refractivity contribution in [2.45, 2.75) is 0 Å². The molecule has 1 saturated heterocycles. The Hall–Kier alpha value is -2.18. The van der Waals surface area contributed by atoms with E-state index in [-0.39, 0.29) is 18.3 Å². The van der Waals surface area contributed by atoms with Gasteiger partial charge in [0, 0.05) is 26.2 Å². The van der Waals surface area contributed by atoms with Gasteiger partial charge in [0.15, 0.2) is 6.20 Å². The summed E-state index contributed by atoms with van der Waals surface area (Å²) < 4.78 is 0. The van der Waals surface area contributed by atoms with E-state index in [2.05, 4.69) is 4.98 Å². The summed E-state index contributed by atoms with van der Waals surface area (Å²) >= 11 is 0. The van der Waals surface area contributed by atoms with Gasteiger partial charge in [-0.25, -0.2) is 0 Å². The van der Waals surface area contributed by atoms with E-state index in [0.29, 0.717) is 13.1 Å². The Morgan fingerprint density at radius 3 is 2.71 bits per heavy atom. The third-order valence-corrected chi connectivity index (χ3v) is 2.74. The highest BCUT2D eigenvalue weighted by Crippen LogP contribution is 2.17. The Kier molecular flexibility index (Phi) is 2.90. The molecule has 0 unspecified atom stereocenters. The first-order valence-corrected chi connectivity index (χ1v) is 5.17. The minimum atomic E-state index is -0.543. The molecule has 0 spiro atoms. The highest BCUT2D eigenvalue weighted by Gasteiger charge is 2.22. The Bertz CT molecular complexity index is 445. The van der Waals surface area contributed by atoms with Gasteiger partial charge in [-0.15, -0.1) is 0 Å². The van der Waals surface area contributed by atoms with Gasteiger partial charge in [0.1, 0.15) is 0 Å². The van der Waals surface area contributed by atoms with Crippen LogP contribution in [-0.2, 0) is 4.79 Å². The van der Waals surface area contributed by atoms with Crippen LogP contribution in [0.3, 0.4) is 0 Å².